The van der Waals surface area contributed by atoms with E-state index in [-0.39, 0.29) is 0 Å². The monoisotopic (exact) mass is 378 g/mol. The molecule has 27 heavy (non-hydrogen) atoms. The predicted molar refractivity (Wildman–Crippen MR) is 106 cm³/mol. The first-order chi connectivity index (χ1) is 13.0. The quantitative estimate of drug-likeness (QED) is 0.554. The van der Waals surface area contributed by atoms with Crippen LogP contribution in [-0.4, -0.2) is 29.6 Å². The number of H-pyrrole nitrogens is 1. The van der Waals surface area contributed by atoms with E-state index in [1.165, 1.54) is 6.26 Å². The van der Waals surface area contributed by atoms with Crippen LogP contribution in [0.15, 0.2) is 72.0 Å². The molecule has 0 radical (unpaired) electrons. The first-order valence-corrected chi connectivity index (χ1v) is 10.3. The van der Waals surface area contributed by atoms with Crippen LogP contribution < -0.4 is 5.32 Å². The molecule has 0 spiro atoms. The molecule has 0 saturated heterocycles. The fraction of sp³-hybridized carbons (Fsp3) is 0.100. The Hall–Kier alpha value is -3.19. The summed E-state index contributed by atoms with van der Waals surface area (Å²) >= 11 is 0. The number of rotatable bonds is 5. The largest absolute Gasteiger partial charge is 0.366 e. The maximum absolute atomic E-state index is 11.7. The highest BCUT2D eigenvalue weighted by atomic mass is 32.2. The van der Waals surface area contributed by atoms with Gasteiger partial charge in [0, 0.05) is 36.8 Å². The third kappa shape index (κ3) is 3.68. The van der Waals surface area contributed by atoms with Crippen LogP contribution in [0.5, 0.6) is 0 Å². The minimum Gasteiger partial charge on any atom is -0.366 e. The summed E-state index contributed by atoms with van der Waals surface area (Å²) in [6.07, 6.45) is 6.60. The molecule has 4 rings (SSSR count). The molecule has 7 heteroatoms. The Labute approximate surface area is 157 Å². The molecule has 4 aromatic rings. The van der Waals surface area contributed by atoms with Gasteiger partial charge in [-0.3, -0.25) is 4.98 Å². The Kier molecular flexibility index (Phi) is 4.37. The fourth-order valence-corrected chi connectivity index (χ4v) is 3.57. The minimum atomic E-state index is -3.22. The van der Waals surface area contributed by atoms with Crippen LogP contribution in [0, 0.1) is 0 Å². The summed E-state index contributed by atoms with van der Waals surface area (Å²) in [5.74, 6) is 0.732. The van der Waals surface area contributed by atoms with Crippen molar-refractivity contribution < 1.29 is 8.42 Å². The molecule has 0 aliphatic rings. The van der Waals surface area contributed by atoms with E-state index in [4.69, 9.17) is 0 Å². The van der Waals surface area contributed by atoms with Crippen LogP contribution in [-0.2, 0) is 16.4 Å². The first kappa shape index (κ1) is 17.2. The Balaban J connectivity index is 1.70. The van der Waals surface area contributed by atoms with Crippen LogP contribution in [0.1, 0.15) is 5.56 Å². The van der Waals surface area contributed by atoms with Crippen molar-refractivity contribution in [2.45, 2.75) is 11.4 Å². The average Bonchev–Trinajstić information content (AvgIpc) is 3.14. The van der Waals surface area contributed by atoms with Gasteiger partial charge in [-0.15, -0.1) is 0 Å². The highest BCUT2D eigenvalue weighted by Gasteiger charge is 2.11. The SMILES string of the molecule is CS(=O)(=O)c1ccc(-c2cc(NCc3cccnc3)nc3[nH]ccc23)cc1. The fourth-order valence-electron chi connectivity index (χ4n) is 2.94. The lowest BCUT2D eigenvalue weighted by molar-refractivity contribution is 0.602. The number of aromatic amines is 1. The zero-order chi connectivity index (χ0) is 18.9. The van der Waals surface area contributed by atoms with E-state index >= 15 is 0 Å². The van der Waals surface area contributed by atoms with E-state index in [0.29, 0.717) is 11.4 Å². The molecule has 3 heterocycles. The van der Waals surface area contributed by atoms with Crippen molar-refractivity contribution in [2.75, 3.05) is 11.6 Å². The lowest BCUT2D eigenvalue weighted by Crippen LogP contribution is -2.02. The van der Waals surface area contributed by atoms with Crippen molar-refractivity contribution in [3.05, 3.63) is 72.7 Å². The zero-order valence-electron chi connectivity index (χ0n) is 14.7. The van der Waals surface area contributed by atoms with Gasteiger partial charge in [0.1, 0.15) is 11.5 Å². The molecule has 0 saturated carbocycles. The van der Waals surface area contributed by atoms with E-state index < -0.39 is 9.84 Å². The minimum absolute atomic E-state index is 0.306. The van der Waals surface area contributed by atoms with E-state index in [1.54, 1.807) is 18.3 Å². The zero-order valence-corrected chi connectivity index (χ0v) is 15.5. The average molecular weight is 378 g/mol. The highest BCUT2D eigenvalue weighted by Crippen LogP contribution is 2.30. The lowest BCUT2D eigenvalue weighted by atomic mass is 10.0. The first-order valence-electron chi connectivity index (χ1n) is 8.42. The van der Waals surface area contributed by atoms with Crippen LogP contribution in [0.25, 0.3) is 22.2 Å². The Morgan fingerprint density at radius 1 is 1.11 bits per heavy atom. The predicted octanol–water partition coefficient (Wildman–Crippen LogP) is 3.64. The van der Waals surface area contributed by atoms with Crippen LogP contribution in [0.3, 0.4) is 0 Å². The van der Waals surface area contributed by atoms with E-state index in [0.717, 1.165) is 33.5 Å². The van der Waals surface area contributed by atoms with Gasteiger partial charge in [0.05, 0.1) is 4.90 Å². The number of hydrogen-bond donors (Lipinski definition) is 2. The maximum atomic E-state index is 11.7. The third-order valence-corrected chi connectivity index (χ3v) is 5.45. The molecular weight excluding hydrogens is 360 g/mol. The molecule has 3 aromatic heterocycles. The van der Waals surface area contributed by atoms with Crippen molar-refractivity contribution in [1.82, 2.24) is 15.0 Å². The van der Waals surface area contributed by atoms with Gasteiger partial charge in [-0.1, -0.05) is 18.2 Å². The van der Waals surface area contributed by atoms with E-state index in [9.17, 15) is 8.42 Å². The Morgan fingerprint density at radius 2 is 1.93 bits per heavy atom. The van der Waals surface area contributed by atoms with Gasteiger partial charge in [0.2, 0.25) is 0 Å². The van der Waals surface area contributed by atoms with Crippen molar-refractivity contribution >= 4 is 26.7 Å². The maximum Gasteiger partial charge on any atom is 0.175 e. The summed E-state index contributed by atoms with van der Waals surface area (Å²) < 4.78 is 23.4. The van der Waals surface area contributed by atoms with Crippen LogP contribution in [0.2, 0.25) is 0 Å². The van der Waals surface area contributed by atoms with E-state index in [2.05, 4.69) is 20.3 Å². The third-order valence-electron chi connectivity index (χ3n) is 4.32. The van der Waals surface area contributed by atoms with Gasteiger partial charge in [0.15, 0.2) is 9.84 Å². The molecule has 0 aliphatic heterocycles. The number of hydrogen-bond acceptors (Lipinski definition) is 5. The number of sulfone groups is 1. The summed E-state index contributed by atoms with van der Waals surface area (Å²) in [7, 11) is -3.22. The molecular formula is C20H18N4O2S. The molecule has 6 nitrogen and oxygen atoms in total. The van der Waals surface area contributed by atoms with Gasteiger partial charge in [-0.05, 0) is 47.0 Å². The normalized spacial score (nSPS) is 11.6. The number of nitrogens with one attached hydrogen (secondary N) is 2. The summed E-state index contributed by atoms with van der Waals surface area (Å²) in [5, 5.41) is 4.30. The number of fused-ring (bicyclic) bond motifs is 1. The molecule has 0 unspecified atom stereocenters. The summed E-state index contributed by atoms with van der Waals surface area (Å²) in [6, 6.07) is 14.7. The molecule has 0 amide bonds. The molecule has 0 fully saturated rings. The number of aromatic nitrogens is 3. The number of pyridine rings is 2. The van der Waals surface area contributed by atoms with Crippen LogP contribution in [0.4, 0.5) is 5.82 Å². The smallest absolute Gasteiger partial charge is 0.175 e. The van der Waals surface area contributed by atoms with Gasteiger partial charge in [-0.25, -0.2) is 13.4 Å². The highest BCUT2D eigenvalue weighted by molar-refractivity contribution is 7.90. The number of nitrogens with zero attached hydrogens (tertiary/aromatic N) is 2. The molecule has 0 atom stereocenters. The molecule has 136 valence electrons. The molecule has 0 bridgehead atoms. The van der Waals surface area contributed by atoms with Crippen molar-refractivity contribution in [3.8, 4) is 11.1 Å². The summed E-state index contributed by atoms with van der Waals surface area (Å²) in [4.78, 5) is 12.2. The number of anilines is 1. The van der Waals surface area contributed by atoms with Crippen LogP contribution >= 0.6 is 0 Å². The number of benzene rings is 1. The van der Waals surface area contributed by atoms with Gasteiger partial charge < -0.3 is 10.3 Å². The second-order valence-electron chi connectivity index (χ2n) is 6.31. The second-order valence-corrected chi connectivity index (χ2v) is 8.32. The van der Waals surface area contributed by atoms with Crippen molar-refractivity contribution in [1.29, 1.82) is 0 Å². The molecule has 0 aliphatic carbocycles. The molecule has 1 aromatic carbocycles. The topological polar surface area (TPSA) is 87.7 Å². The van der Waals surface area contributed by atoms with Crippen molar-refractivity contribution in [2.24, 2.45) is 0 Å². The Bertz CT molecular complexity index is 1180. The van der Waals surface area contributed by atoms with Gasteiger partial charge in [-0.2, -0.15) is 0 Å². The van der Waals surface area contributed by atoms with Gasteiger partial charge in [0.25, 0.3) is 0 Å². The van der Waals surface area contributed by atoms with Gasteiger partial charge >= 0.3 is 0 Å². The van der Waals surface area contributed by atoms with Crippen molar-refractivity contribution in [3.63, 3.8) is 0 Å². The lowest BCUT2D eigenvalue weighted by Gasteiger charge is -2.10. The second kappa shape index (κ2) is 6.85. The molecule has 2 N–H and O–H groups in total. The summed E-state index contributed by atoms with van der Waals surface area (Å²) in [5.41, 5.74) is 3.74. The summed E-state index contributed by atoms with van der Waals surface area (Å²) in [6.45, 7) is 0.611. The van der Waals surface area contributed by atoms with E-state index in [1.807, 2.05) is 48.8 Å². The Morgan fingerprint density at radius 3 is 2.63 bits per heavy atom. The standard InChI is InChI=1S/C20H18N4O2S/c1-27(25,26)16-6-4-15(5-7-16)18-11-19(24-20-17(18)8-10-22-20)23-13-14-3-2-9-21-12-14/h2-12H,13H2,1H3,(H2,22,23,24).